The molecule has 294 valence electrons. The topological polar surface area (TPSA) is 168 Å². The molecule has 9 heteroatoms. The first kappa shape index (κ1) is 37.6. The molecule has 0 saturated heterocycles. The zero-order valence-electron chi connectivity index (χ0n) is 33.1. The van der Waals surface area contributed by atoms with Crippen LogP contribution in [0.1, 0.15) is 105 Å². The molecule has 5 fully saturated rings. The van der Waals surface area contributed by atoms with Crippen molar-refractivity contribution in [3.05, 3.63) is 29.8 Å². The van der Waals surface area contributed by atoms with Crippen LogP contribution in [0, 0.1) is 69.5 Å². The van der Waals surface area contributed by atoms with Crippen molar-refractivity contribution in [1.29, 1.82) is 0 Å². The Morgan fingerprint density at radius 3 is 2.13 bits per heavy atom. The number of aliphatic hydroxyl groups excluding tert-OH is 3. The Morgan fingerprint density at radius 2 is 1.43 bits per heavy atom. The molecule has 3 aromatic rings. The second kappa shape index (κ2) is 11.9. The van der Waals surface area contributed by atoms with Gasteiger partial charge in [0.25, 0.3) is 0 Å². The van der Waals surface area contributed by atoms with E-state index in [1.165, 1.54) is 18.2 Å². The van der Waals surface area contributed by atoms with Gasteiger partial charge in [-0.25, -0.2) is 0 Å². The van der Waals surface area contributed by atoms with Gasteiger partial charge in [0, 0.05) is 16.8 Å². The number of phenolic OH excluding ortho intramolecular Hbond substituents is 4. The number of ether oxygens (including phenoxy) is 1. The van der Waals surface area contributed by atoms with Crippen LogP contribution in [0.3, 0.4) is 0 Å². The number of carbonyl (C=O) groups excluding carboxylic acids is 1. The van der Waals surface area contributed by atoms with E-state index in [1.807, 2.05) is 0 Å². The van der Waals surface area contributed by atoms with E-state index in [2.05, 4.69) is 48.5 Å². The molecule has 13 atom stereocenters. The van der Waals surface area contributed by atoms with Crippen molar-refractivity contribution < 1.29 is 45.3 Å². The van der Waals surface area contributed by atoms with Gasteiger partial charge in [-0.05, 0) is 139 Å². The summed E-state index contributed by atoms with van der Waals surface area (Å²) in [6.45, 7) is 17.4. The maximum absolute atomic E-state index is 15.1. The summed E-state index contributed by atoms with van der Waals surface area (Å²) in [5.74, 6) is -1.36. The average molecular weight is 745 g/mol. The largest absolute Gasteiger partial charge is 0.508 e. The first-order valence-corrected chi connectivity index (χ1v) is 20.2. The van der Waals surface area contributed by atoms with Crippen LogP contribution in [0.5, 0.6) is 28.7 Å². The number of carbonyl (C=O) groups is 1. The lowest BCUT2D eigenvalue weighted by molar-refractivity contribution is -0.290. The molecule has 9 nitrogen and oxygen atoms in total. The molecule has 3 aromatic carbocycles. The van der Waals surface area contributed by atoms with Gasteiger partial charge in [0.05, 0.1) is 34.5 Å². The average Bonchev–Trinajstić information content (AvgIpc) is 3.08. The third-order valence-electron chi connectivity index (χ3n) is 17.5. The molecule has 54 heavy (non-hydrogen) atoms. The predicted octanol–water partition coefficient (Wildman–Crippen LogP) is 8.07. The minimum absolute atomic E-state index is 0.0249. The van der Waals surface area contributed by atoms with Gasteiger partial charge in [-0.2, -0.15) is 0 Å². The van der Waals surface area contributed by atoms with Gasteiger partial charge in [0.2, 0.25) is 0 Å². The van der Waals surface area contributed by atoms with Crippen LogP contribution < -0.4 is 4.74 Å². The van der Waals surface area contributed by atoms with Gasteiger partial charge >= 0.3 is 5.97 Å². The number of aryl methyl sites for hydroxylation is 1. The molecule has 0 heterocycles. The number of hydrogen-bond acceptors (Lipinski definition) is 9. The van der Waals surface area contributed by atoms with E-state index in [9.17, 15) is 35.7 Å². The number of phenols is 4. The van der Waals surface area contributed by atoms with Crippen molar-refractivity contribution >= 4 is 27.5 Å². The van der Waals surface area contributed by atoms with E-state index in [4.69, 9.17) is 4.74 Å². The van der Waals surface area contributed by atoms with Crippen LogP contribution in [0.4, 0.5) is 0 Å². The van der Waals surface area contributed by atoms with E-state index in [0.717, 1.165) is 19.3 Å². The standard InChI is InChI=1S/C45H60O9/c1-21-15-25-33(27(47)16-21)38(51)34-26(37(25)50)17-24(46)18-30(34)54-40(53)45-12-9-22(2)23(3)35(45)36-28(48)19-32-42(6)20-29(49)39(52)41(4,5)31(42)10-11-43(32,7)44(36,8)13-14-45/h15-18,22-23,28-29,31-32,35-36,39,46-52H,9-14,19-20H2,1-8H3. The second-order valence-electron chi connectivity index (χ2n) is 20.1. The van der Waals surface area contributed by atoms with Gasteiger partial charge in [0.1, 0.15) is 28.7 Å². The summed E-state index contributed by atoms with van der Waals surface area (Å²) < 4.78 is 6.37. The lowest BCUT2D eigenvalue weighted by atomic mass is 9.30. The minimum Gasteiger partial charge on any atom is -0.508 e. The highest BCUT2D eigenvalue weighted by Crippen LogP contribution is 2.77. The maximum atomic E-state index is 15.1. The zero-order chi connectivity index (χ0) is 39.2. The molecule has 5 aliphatic carbocycles. The van der Waals surface area contributed by atoms with E-state index in [-0.39, 0.29) is 96.1 Å². The van der Waals surface area contributed by atoms with Crippen molar-refractivity contribution in [3.63, 3.8) is 0 Å². The molecule has 0 bridgehead atoms. The molecular weight excluding hydrogens is 684 g/mol. The van der Waals surface area contributed by atoms with Crippen LogP contribution in [-0.4, -0.2) is 60.0 Å². The fourth-order valence-corrected chi connectivity index (χ4v) is 14.5. The number of fused-ring (bicyclic) bond motifs is 9. The summed E-state index contributed by atoms with van der Waals surface area (Å²) in [7, 11) is 0. The van der Waals surface area contributed by atoms with Crippen LogP contribution in [0.2, 0.25) is 0 Å². The fourth-order valence-electron chi connectivity index (χ4n) is 14.5. The van der Waals surface area contributed by atoms with Crippen LogP contribution in [-0.2, 0) is 4.79 Å². The third kappa shape index (κ3) is 4.70. The van der Waals surface area contributed by atoms with Gasteiger partial charge in [-0.3, -0.25) is 4.79 Å². The molecular formula is C45H60O9. The van der Waals surface area contributed by atoms with Crippen molar-refractivity contribution in [3.8, 4) is 28.7 Å². The van der Waals surface area contributed by atoms with E-state index in [1.54, 1.807) is 13.0 Å². The molecule has 8 rings (SSSR count). The van der Waals surface area contributed by atoms with E-state index >= 15 is 4.79 Å². The molecule has 0 amide bonds. The highest BCUT2D eigenvalue weighted by molar-refractivity contribution is 6.15. The molecule has 0 aliphatic heterocycles. The van der Waals surface area contributed by atoms with Crippen LogP contribution >= 0.6 is 0 Å². The summed E-state index contributed by atoms with van der Waals surface area (Å²) in [6, 6.07) is 5.72. The molecule has 7 N–H and O–H groups in total. The summed E-state index contributed by atoms with van der Waals surface area (Å²) in [5.41, 5.74) is -1.56. The monoisotopic (exact) mass is 744 g/mol. The molecule has 0 aromatic heterocycles. The van der Waals surface area contributed by atoms with Crippen LogP contribution in [0.15, 0.2) is 24.3 Å². The van der Waals surface area contributed by atoms with Gasteiger partial charge < -0.3 is 40.5 Å². The Kier molecular flexibility index (Phi) is 8.28. The van der Waals surface area contributed by atoms with Gasteiger partial charge in [-0.1, -0.05) is 48.5 Å². The highest BCUT2D eigenvalue weighted by atomic mass is 16.5. The summed E-state index contributed by atoms with van der Waals surface area (Å²) in [6.07, 6.45) is 3.24. The Balaban J connectivity index is 1.22. The first-order valence-electron chi connectivity index (χ1n) is 20.2. The molecule has 0 spiro atoms. The number of esters is 1. The smallest absolute Gasteiger partial charge is 0.317 e. The molecule has 0 radical (unpaired) electrons. The Hall–Kier alpha value is -3.27. The molecule has 5 saturated carbocycles. The van der Waals surface area contributed by atoms with Crippen molar-refractivity contribution in [2.75, 3.05) is 0 Å². The molecule has 5 aliphatic rings. The Bertz CT molecular complexity index is 2060. The first-order chi connectivity index (χ1) is 25.1. The van der Waals surface area contributed by atoms with E-state index < -0.39 is 35.1 Å². The zero-order valence-corrected chi connectivity index (χ0v) is 33.1. The van der Waals surface area contributed by atoms with Crippen molar-refractivity contribution in [1.82, 2.24) is 0 Å². The minimum atomic E-state index is -0.944. The highest BCUT2D eigenvalue weighted by Gasteiger charge is 2.74. The quantitative estimate of drug-likeness (QED) is 0.0594. The van der Waals surface area contributed by atoms with Crippen LogP contribution in [0.25, 0.3) is 21.5 Å². The number of aliphatic hydroxyl groups is 3. The Labute approximate surface area is 318 Å². The van der Waals surface area contributed by atoms with Gasteiger partial charge in [0.15, 0.2) is 0 Å². The maximum Gasteiger partial charge on any atom is 0.317 e. The van der Waals surface area contributed by atoms with Crippen molar-refractivity contribution in [2.24, 2.45) is 62.6 Å². The normalized spacial score (nSPS) is 42.8. The summed E-state index contributed by atoms with van der Waals surface area (Å²) in [5, 5.41) is 80.1. The summed E-state index contributed by atoms with van der Waals surface area (Å²) >= 11 is 0. The van der Waals surface area contributed by atoms with E-state index in [0.29, 0.717) is 43.6 Å². The summed E-state index contributed by atoms with van der Waals surface area (Å²) in [4.78, 5) is 15.1. The number of rotatable bonds is 2. The van der Waals surface area contributed by atoms with Crippen molar-refractivity contribution in [2.45, 2.75) is 125 Å². The lowest BCUT2D eigenvalue weighted by Gasteiger charge is -2.74. The Morgan fingerprint density at radius 1 is 0.741 bits per heavy atom. The number of hydrogen-bond donors (Lipinski definition) is 7. The van der Waals surface area contributed by atoms with Gasteiger partial charge in [-0.15, -0.1) is 0 Å². The number of aromatic hydroxyl groups is 4. The third-order valence-corrected chi connectivity index (χ3v) is 17.5. The predicted molar refractivity (Wildman–Crippen MR) is 206 cm³/mol. The fraction of sp³-hybridized carbons (Fsp3) is 0.667. The SMILES string of the molecule is Cc1cc(O)c2c(O)c3c(OC(=O)C45CCC(C)C(C)C4C4C(O)CC6C7(C)CC(O)C(O)C(C)(C)C7CCC6(C)C4(C)CC5)cc(O)cc3c(O)c2c1. The lowest BCUT2D eigenvalue weighted by Crippen LogP contribution is -2.72. The number of benzene rings is 3. The second-order valence-corrected chi connectivity index (χ2v) is 20.1. The molecule has 13 unspecified atom stereocenters.